The molecule has 0 saturated heterocycles. The minimum atomic E-state index is -0.0180. The lowest BCUT2D eigenvalue weighted by molar-refractivity contribution is 0.342. The Bertz CT molecular complexity index is 1050. The van der Waals surface area contributed by atoms with Crippen molar-refractivity contribution in [2.24, 2.45) is 12.5 Å². The fourth-order valence-electron chi connectivity index (χ4n) is 3.74. The first kappa shape index (κ1) is 17.8. The molecule has 1 aliphatic rings. The van der Waals surface area contributed by atoms with Crippen LogP contribution in [0.4, 0.5) is 5.82 Å². The van der Waals surface area contributed by atoms with Gasteiger partial charge in [-0.2, -0.15) is 0 Å². The fourth-order valence-corrected chi connectivity index (χ4v) is 3.74. The molecule has 0 bridgehead atoms. The summed E-state index contributed by atoms with van der Waals surface area (Å²) in [7, 11) is 1.79. The average molecular weight is 369 g/mol. The molecule has 3 aromatic rings. The minimum Gasteiger partial charge on any atom is -0.347 e. The summed E-state index contributed by atoms with van der Waals surface area (Å²) in [5.74, 6) is 2.88. The van der Waals surface area contributed by atoms with Crippen molar-refractivity contribution in [1.29, 1.82) is 0 Å². The molecule has 3 aromatic heterocycles. The first-order chi connectivity index (χ1) is 12.8. The van der Waals surface area contributed by atoms with Crippen LogP contribution in [0, 0.1) is 5.41 Å². The molecule has 1 aliphatic heterocycles. The highest BCUT2D eigenvalue weighted by atomic mass is 16.1. The number of aromatic nitrogens is 6. The van der Waals surface area contributed by atoms with Crippen LogP contribution >= 0.6 is 0 Å². The minimum absolute atomic E-state index is 0.0180. The number of aryl methyl sites for hydroxylation is 2. The molecule has 4 heterocycles. The Morgan fingerprint density at radius 1 is 1.15 bits per heavy atom. The lowest BCUT2D eigenvalue weighted by Crippen LogP contribution is -2.34. The second-order valence-electron chi connectivity index (χ2n) is 8.46. The van der Waals surface area contributed by atoms with Crippen molar-refractivity contribution in [1.82, 2.24) is 28.9 Å². The highest BCUT2D eigenvalue weighted by molar-refractivity contribution is 5.74. The van der Waals surface area contributed by atoms with Gasteiger partial charge in [-0.1, -0.05) is 27.7 Å². The molecule has 8 nitrogen and oxygen atoms in total. The Labute approximate surface area is 158 Å². The van der Waals surface area contributed by atoms with Gasteiger partial charge in [-0.15, -0.1) is 10.2 Å². The van der Waals surface area contributed by atoms with Crippen molar-refractivity contribution in [2.45, 2.75) is 53.8 Å². The summed E-state index contributed by atoms with van der Waals surface area (Å²) < 4.78 is 5.67. The zero-order chi connectivity index (χ0) is 19.3. The van der Waals surface area contributed by atoms with Gasteiger partial charge in [0.1, 0.15) is 11.6 Å². The van der Waals surface area contributed by atoms with Crippen LogP contribution in [0.3, 0.4) is 0 Å². The molecule has 0 aliphatic carbocycles. The second kappa shape index (κ2) is 6.21. The highest BCUT2D eigenvalue weighted by Gasteiger charge is 2.23. The maximum Gasteiger partial charge on any atom is 0.330 e. The summed E-state index contributed by atoms with van der Waals surface area (Å²) >= 11 is 0. The van der Waals surface area contributed by atoms with Crippen molar-refractivity contribution in [3.05, 3.63) is 34.3 Å². The zero-order valence-corrected chi connectivity index (χ0v) is 16.7. The topological polar surface area (TPSA) is 73.8 Å². The van der Waals surface area contributed by atoms with E-state index in [2.05, 4.69) is 47.4 Å². The molecule has 8 heteroatoms. The SMILES string of the molecule is CCc1nnc2n1CCN(c1ccc3c(n1)n(C)c(=O)n3CC(C)(C)C)C2. The van der Waals surface area contributed by atoms with Gasteiger partial charge in [0.05, 0.1) is 12.1 Å². The van der Waals surface area contributed by atoms with Gasteiger partial charge in [0, 0.05) is 33.1 Å². The van der Waals surface area contributed by atoms with E-state index in [1.54, 1.807) is 11.6 Å². The number of anilines is 1. The first-order valence-electron chi connectivity index (χ1n) is 9.50. The normalized spacial score (nSPS) is 14.8. The van der Waals surface area contributed by atoms with E-state index in [0.29, 0.717) is 13.1 Å². The van der Waals surface area contributed by atoms with Crippen molar-refractivity contribution < 1.29 is 0 Å². The second-order valence-corrected chi connectivity index (χ2v) is 8.46. The summed E-state index contributed by atoms with van der Waals surface area (Å²) in [5, 5.41) is 8.60. The number of hydrogen-bond donors (Lipinski definition) is 0. The summed E-state index contributed by atoms with van der Waals surface area (Å²) in [6.07, 6.45) is 0.889. The number of pyridine rings is 1. The third kappa shape index (κ3) is 3.02. The standard InChI is InChI=1S/C19H27N7O/c1-6-14-21-22-16-11-24(9-10-25(14)16)15-8-7-13-17(20-15)23(5)18(27)26(13)12-19(2,3)4/h7-8H,6,9-12H2,1-5H3. The van der Waals surface area contributed by atoms with Crippen LogP contribution in [0.5, 0.6) is 0 Å². The van der Waals surface area contributed by atoms with Crippen LogP contribution in [0.15, 0.2) is 16.9 Å². The average Bonchev–Trinajstić information content (AvgIpc) is 3.14. The predicted molar refractivity (Wildman–Crippen MR) is 105 cm³/mol. The molecule has 0 radical (unpaired) electrons. The third-order valence-electron chi connectivity index (χ3n) is 5.07. The third-order valence-corrected chi connectivity index (χ3v) is 5.07. The molecule has 0 atom stereocenters. The molecule has 0 spiro atoms. The van der Waals surface area contributed by atoms with E-state index in [0.717, 1.165) is 48.1 Å². The highest BCUT2D eigenvalue weighted by Crippen LogP contribution is 2.24. The van der Waals surface area contributed by atoms with Gasteiger partial charge in [-0.25, -0.2) is 9.78 Å². The van der Waals surface area contributed by atoms with Crippen LogP contribution in [0.2, 0.25) is 0 Å². The van der Waals surface area contributed by atoms with Gasteiger partial charge in [0.25, 0.3) is 0 Å². The van der Waals surface area contributed by atoms with Gasteiger partial charge >= 0.3 is 5.69 Å². The van der Waals surface area contributed by atoms with E-state index in [1.807, 2.05) is 16.7 Å². The smallest absolute Gasteiger partial charge is 0.330 e. The number of rotatable bonds is 3. The van der Waals surface area contributed by atoms with Crippen molar-refractivity contribution >= 4 is 17.0 Å². The van der Waals surface area contributed by atoms with E-state index < -0.39 is 0 Å². The van der Waals surface area contributed by atoms with E-state index in [-0.39, 0.29) is 11.1 Å². The number of nitrogens with zero attached hydrogens (tertiary/aromatic N) is 7. The monoisotopic (exact) mass is 369 g/mol. The quantitative estimate of drug-likeness (QED) is 0.706. The molecule has 0 amide bonds. The Morgan fingerprint density at radius 3 is 2.63 bits per heavy atom. The van der Waals surface area contributed by atoms with E-state index >= 15 is 0 Å². The molecule has 4 rings (SSSR count). The molecular formula is C19H27N7O. The molecule has 0 aromatic carbocycles. The molecule has 27 heavy (non-hydrogen) atoms. The molecule has 0 unspecified atom stereocenters. The maximum absolute atomic E-state index is 12.7. The maximum atomic E-state index is 12.7. The van der Waals surface area contributed by atoms with Gasteiger partial charge < -0.3 is 9.47 Å². The molecule has 0 saturated carbocycles. The summed E-state index contributed by atoms with van der Waals surface area (Å²) in [5.41, 5.74) is 1.61. The van der Waals surface area contributed by atoms with E-state index in [4.69, 9.17) is 4.98 Å². The molecular weight excluding hydrogens is 342 g/mol. The van der Waals surface area contributed by atoms with Crippen LogP contribution in [-0.2, 0) is 33.1 Å². The van der Waals surface area contributed by atoms with Gasteiger partial charge in [-0.3, -0.25) is 9.13 Å². The van der Waals surface area contributed by atoms with Gasteiger partial charge in [0.15, 0.2) is 11.5 Å². The van der Waals surface area contributed by atoms with Crippen molar-refractivity contribution in [3.8, 4) is 0 Å². The van der Waals surface area contributed by atoms with Gasteiger partial charge in [0.2, 0.25) is 0 Å². The van der Waals surface area contributed by atoms with Crippen LogP contribution < -0.4 is 10.6 Å². The molecule has 144 valence electrons. The summed E-state index contributed by atoms with van der Waals surface area (Å²) in [6, 6.07) is 4.02. The largest absolute Gasteiger partial charge is 0.347 e. The van der Waals surface area contributed by atoms with Crippen LogP contribution in [0.25, 0.3) is 11.2 Å². The summed E-state index contributed by atoms with van der Waals surface area (Å²) in [4.78, 5) is 19.7. The molecule has 0 N–H and O–H groups in total. The lowest BCUT2D eigenvalue weighted by Gasteiger charge is -2.28. The lowest BCUT2D eigenvalue weighted by atomic mass is 9.97. The van der Waals surface area contributed by atoms with Gasteiger partial charge in [-0.05, 0) is 17.5 Å². The van der Waals surface area contributed by atoms with E-state index in [9.17, 15) is 4.79 Å². The Hall–Kier alpha value is -2.64. The Morgan fingerprint density at radius 2 is 1.93 bits per heavy atom. The fraction of sp³-hybridized carbons (Fsp3) is 0.579. The Kier molecular flexibility index (Phi) is 4.09. The zero-order valence-electron chi connectivity index (χ0n) is 16.7. The molecule has 0 fully saturated rings. The number of fused-ring (bicyclic) bond motifs is 2. The van der Waals surface area contributed by atoms with Crippen LogP contribution in [0.1, 0.15) is 39.3 Å². The van der Waals surface area contributed by atoms with Crippen LogP contribution in [-0.4, -0.2) is 35.4 Å². The summed E-state index contributed by atoms with van der Waals surface area (Å²) in [6.45, 7) is 11.6. The Balaban J connectivity index is 1.70. The van der Waals surface area contributed by atoms with E-state index in [1.165, 1.54) is 0 Å². The predicted octanol–water partition coefficient (Wildman–Crippen LogP) is 1.96. The number of hydrogen-bond acceptors (Lipinski definition) is 5. The van der Waals surface area contributed by atoms with Crippen molar-refractivity contribution in [3.63, 3.8) is 0 Å². The number of imidazole rings is 1. The first-order valence-corrected chi connectivity index (χ1v) is 9.50. The van der Waals surface area contributed by atoms with Crippen molar-refractivity contribution in [2.75, 3.05) is 11.4 Å².